The standard InChI is InChI=1S/C18H18FN3/c19-18-5-2-1-4-16(18)10-12-20-14-15-6-8-17(9-7-15)22-13-3-11-21-22/h1-9,11,13,20H,10,12,14H2. The molecule has 0 atom stereocenters. The van der Waals surface area contributed by atoms with Crippen molar-refractivity contribution in [2.24, 2.45) is 0 Å². The van der Waals surface area contributed by atoms with Gasteiger partial charge in [-0.1, -0.05) is 30.3 Å². The van der Waals surface area contributed by atoms with Crippen molar-refractivity contribution in [1.29, 1.82) is 0 Å². The summed E-state index contributed by atoms with van der Waals surface area (Å²) in [5.74, 6) is -0.132. The molecule has 0 aliphatic heterocycles. The summed E-state index contributed by atoms with van der Waals surface area (Å²) in [7, 11) is 0. The Morgan fingerprint density at radius 1 is 1.00 bits per heavy atom. The van der Waals surface area contributed by atoms with Gasteiger partial charge in [-0.25, -0.2) is 9.07 Å². The summed E-state index contributed by atoms with van der Waals surface area (Å²) >= 11 is 0. The highest BCUT2D eigenvalue weighted by atomic mass is 19.1. The van der Waals surface area contributed by atoms with Crippen LogP contribution in [-0.2, 0) is 13.0 Å². The smallest absolute Gasteiger partial charge is 0.126 e. The molecule has 3 rings (SSSR count). The van der Waals surface area contributed by atoms with E-state index in [2.05, 4.69) is 22.5 Å². The number of hydrogen-bond acceptors (Lipinski definition) is 2. The summed E-state index contributed by atoms with van der Waals surface area (Å²) in [4.78, 5) is 0. The van der Waals surface area contributed by atoms with Gasteiger partial charge in [0.25, 0.3) is 0 Å². The maximum atomic E-state index is 13.5. The molecular formula is C18H18FN3. The lowest BCUT2D eigenvalue weighted by Gasteiger charge is -2.07. The van der Waals surface area contributed by atoms with Crippen molar-refractivity contribution >= 4 is 0 Å². The molecule has 0 saturated carbocycles. The minimum absolute atomic E-state index is 0.132. The average molecular weight is 295 g/mol. The van der Waals surface area contributed by atoms with Gasteiger partial charge in [0.05, 0.1) is 5.69 Å². The molecule has 0 saturated heterocycles. The molecule has 0 aliphatic carbocycles. The summed E-state index contributed by atoms with van der Waals surface area (Å²) in [5.41, 5.74) is 2.99. The van der Waals surface area contributed by atoms with Gasteiger partial charge in [0.15, 0.2) is 0 Å². The van der Waals surface area contributed by atoms with E-state index in [4.69, 9.17) is 0 Å². The third kappa shape index (κ3) is 3.59. The highest BCUT2D eigenvalue weighted by molar-refractivity contribution is 5.33. The van der Waals surface area contributed by atoms with Crippen LogP contribution in [0, 0.1) is 5.82 Å². The second-order valence-electron chi connectivity index (χ2n) is 5.14. The molecule has 4 heteroatoms. The molecule has 22 heavy (non-hydrogen) atoms. The summed E-state index contributed by atoms with van der Waals surface area (Å²) in [6.07, 6.45) is 4.37. The molecule has 0 bridgehead atoms. The predicted molar refractivity (Wildman–Crippen MR) is 85.4 cm³/mol. The molecular weight excluding hydrogens is 277 g/mol. The van der Waals surface area contributed by atoms with E-state index >= 15 is 0 Å². The van der Waals surface area contributed by atoms with E-state index in [1.54, 1.807) is 12.3 Å². The van der Waals surface area contributed by atoms with E-state index in [1.165, 1.54) is 11.6 Å². The quantitative estimate of drug-likeness (QED) is 0.707. The van der Waals surface area contributed by atoms with Crippen LogP contribution in [0.4, 0.5) is 4.39 Å². The molecule has 2 aromatic carbocycles. The lowest BCUT2D eigenvalue weighted by atomic mass is 10.1. The Morgan fingerprint density at radius 3 is 2.55 bits per heavy atom. The third-order valence-corrected chi connectivity index (χ3v) is 3.56. The van der Waals surface area contributed by atoms with Crippen molar-refractivity contribution in [2.75, 3.05) is 6.54 Å². The lowest BCUT2D eigenvalue weighted by molar-refractivity contribution is 0.598. The van der Waals surface area contributed by atoms with Crippen LogP contribution in [0.15, 0.2) is 67.0 Å². The van der Waals surface area contributed by atoms with Crippen molar-refractivity contribution in [3.63, 3.8) is 0 Å². The van der Waals surface area contributed by atoms with Crippen molar-refractivity contribution in [2.45, 2.75) is 13.0 Å². The Hall–Kier alpha value is -2.46. The number of benzene rings is 2. The van der Waals surface area contributed by atoms with Crippen molar-refractivity contribution in [1.82, 2.24) is 15.1 Å². The van der Waals surface area contributed by atoms with Gasteiger partial charge in [-0.05, 0) is 48.4 Å². The maximum Gasteiger partial charge on any atom is 0.126 e. The number of rotatable bonds is 6. The zero-order valence-electron chi connectivity index (χ0n) is 12.2. The molecule has 0 unspecified atom stereocenters. The van der Waals surface area contributed by atoms with Crippen LogP contribution < -0.4 is 5.32 Å². The Labute approximate surface area is 129 Å². The van der Waals surface area contributed by atoms with Gasteiger partial charge in [0, 0.05) is 18.9 Å². The molecule has 0 radical (unpaired) electrons. The number of halogens is 1. The second-order valence-corrected chi connectivity index (χ2v) is 5.14. The number of nitrogens with one attached hydrogen (secondary N) is 1. The number of nitrogens with zero attached hydrogens (tertiary/aromatic N) is 2. The minimum atomic E-state index is -0.132. The van der Waals surface area contributed by atoms with Crippen LogP contribution in [0.25, 0.3) is 5.69 Å². The second kappa shape index (κ2) is 7.00. The molecule has 1 aromatic heterocycles. The molecule has 3 aromatic rings. The number of hydrogen-bond donors (Lipinski definition) is 1. The summed E-state index contributed by atoms with van der Waals surface area (Å²) in [5, 5.41) is 7.54. The van der Waals surface area contributed by atoms with Crippen molar-refractivity contribution in [3.8, 4) is 5.69 Å². The van der Waals surface area contributed by atoms with Crippen LogP contribution >= 0.6 is 0 Å². The normalized spacial score (nSPS) is 10.8. The summed E-state index contributed by atoms with van der Waals surface area (Å²) < 4.78 is 15.3. The Bertz CT molecular complexity index is 705. The Balaban J connectivity index is 1.49. The molecule has 0 spiro atoms. The maximum absolute atomic E-state index is 13.5. The lowest BCUT2D eigenvalue weighted by Crippen LogP contribution is -2.17. The molecule has 0 fully saturated rings. The van der Waals surface area contributed by atoms with Crippen LogP contribution in [0.3, 0.4) is 0 Å². The van der Waals surface area contributed by atoms with Crippen LogP contribution in [0.2, 0.25) is 0 Å². The highest BCUT2D eigenvalue weighted by Crippen LogP contribution is 2.09. The molecule has 112 valence electrons. The highest BCUT2D eigenvalue weighted by Gasteiger charge is 2.00. The Morgan fingerprint density at radius 2 is 1.82 bits per heavy atom. The van der Waals surface area contributed by atoms with Crippen molar-refractivity contribution in [3.05, 3.63) is 83.9 Å². The van der Waals surface area contributed by atoms with Crippen LogP contribution in [0.5, 0.6) is 0 Å². The van der Waals surface area contributed by atoms with Crippen LogP contribution in [0.1, 0.15) is 11.1 Å². The molecule has 0 aliphatic rings. The van der Waals surface area contributed by atoms with Crippen molar-refractivity contribution < 1.29 is 4.39 Å². The van der Waals surface area contributed by atoms with Gasteiger partial charge < -0.3 is 5.32 Å². The molecule has 3 nitrogen and oxygen atoms in total. The van der Waals surface area contributed by atoms with E-state index in [-0.39, 0.29) is 5.82 Å². The predicted octanol–water partition coefficient (Wildman–Crippen LogP) is 3.34. The minimum Gasteiger partial charge on any atom is -0.312 e. The Kier molecular flexibility index (Phi) is 4.61. The molecule has 1 heterocycles. The average Bonchev–Trinajstić information content (AvgIpc) is 3.08. The summed E-state index contributed by atoms with van der Waals surface area (Å²) in [6.45, 7) is 1.52. The largest absolute Gasteiger partial charge is 0.312 e. The number of aromatic nitrogens is 2. The van der Waals surface area contributed by atoms with E-state index < -0.39 is 0 Å². The zero-order valence-corrected chi connectivity index (χ0v) is 12.2. The SMILES string of the molecule is Fc1ccccc1CCNCc1ccc(-n2cccn2)cc1. The van der Waals surface area contributed by atoms with E-state index in [0.29, 0.717) is 6.42 Å². The van der Waals surface area contributed by atoms with E-state index in [9.17, 15) is 4.39 Å². The van der Waals surface area contributed by atoms with Crippen LogP contribution in [-0.4, -0.2) is 16.3 Å². The van der Waals surface area contributed by atoms with Gasteiger partial charge in [-0.3, -0.25) is 0 Å². The monoisotopic (exact) mass is 295 g/mol. The zero-order chi connectivity index (χ0) is 15.2. The first-order valence-electron chi connectivity index (χ1n) is 7.36. The summed E-state index contributed by atoms with van der Waals surface area (Å²) in [6, 6.07) is 17.1. The third-order valence-electron chi connectivity index (χ3n) is 3.56. The first kappa shape index (κ1) is 14.5. The van der Waals surface area contributed by atoms with Gasteiger partial charge in [-0.2, -0.15) is 5.10 Å². The van der Waals surface area contributed by atoms with Gasteiger partial charge >= 0.3 is 0 Å². The van der Waals surface area contributed by atoms with Gasteiger partial charge in [-0.15, -0.1) is 0 Å². The van der Waals surface area contributed by atoms with Gasteiger partial charge in [0.1, 0.15) is 5.82 Å². The fourth-order valence-corrected chi connectivity index (χ4v) is 2.35. The molecule has 0 amide bonds. The topological polar surface area (TPSA) is 29.9 Å². The fraction of sp³-hybridized carbons (Fsp3) is 0.167. The van der Waals surface area contributed by atoms with E-state index in [1.807, 2.05) is 41.2 Å². The van der Waals surface area contributed by atoms with E-state index in [0.717, 1.165) is 24.3 Å². The first-order valence-corrected chi connectivity index (χ1v) is 7.36. The fourth-order valence-electron chi connectivity index (χ4n) is 2.35. The first-order chi connectivity index (χ1) is 10.8. The molecule has 1 N–H and O–H groups in total. The van der Waals surface area contributed by atoms with Gasteiger partial charge in [0.2, 0.25) is 0 Å².